The van der Waals surface area contributed by atoms with Crippen molar-refractivity contribution in [1.29, 1.82) is 0 Å². The summed E-state index contributed by atoms with van der Waals surface area (Å²) in [6.45, 7) is 0. The molecule has 1 fully saturated rings. The number of nitrogens with one attached hydrogen (secondary N) is 4. The zero-order valence-corrected chi connectivity index (χ0v) is 30.7. The van der Waals surface area contributed by atoms with Crippen LogP contribution in [0, 0.1) is 0 Å². The number of fused-ring (bicyclic) bond motifs is 8. The van der Waals surface area contributed by atoms with Crippen LogP contribution in [0.15, 0.2) is 132 Å². The van der Waals surface area contributed by atoms with E-state index >= 15 is 0 Å². The minimum atomic E-state index is -0.141. The van der Waals surface area contributed by atoms with Gasteiger partial charge in [0.25, 0.3) is 0 Å². The van der Waals surface area contributed by atoms with Crippen molar-refractivity contribution < 1.29 is 30.6 Å². The largest absolute Gasteiger partial charge is 0.508 e. The Morgan fingerprint density at radius 1 is 0.474 bits per heavy atom. The predicted molar refractivity (Wildman–Crippen MR) is 220 cm³/mol. The molecule has 0 aliphatic carbocycles. The molecule has 57 heavy (non-hydrogen) atoms. The van der Waals surface area contributed by atoms with E-state index in [0.29, 0.717) is 74.2 Å². The van der Waals surface area contributed by atoms with Gasteiger partial charge in [-0.25, -0.2) is 0 Å². The first-order chi connectivity index (χ1) is 27.6. The molecule has 0 radical (unpaired) electrons. The Hall–Kier alpha value is -7.66. The fraction of sp³-hybridized carbons (Fsp3) is 0.0444. The third-order valence-electron chi connectivity index (χ3n) is 10.2. The number of aromatic nitrogens is 3. The molecule has 4 aromatic carbocycles. The Balaban J connectivity index is 1.41. The standard InChI is InChI=1S/C45H33N5O6S/c51-27-16-24(17-28(52)20-27)42-33-9-8-31(47-33)41(23-4-6-26(7-5-23)46-22-57)32-12-14-37(49-32)44(45-39(55)2-1-3-40(45)56)38-15-13-36(50-38)43(35-11-10-34(42)48-35)25-18-29(53)21-30(54)19-25/h1-7,10-21,47-56H,8-9H2. The number of allylic oxidation sites excluding steroid dienone is 2. The van der Waals surface area contributed by atoms with Crippen LogP contribution in [0.3, 0.4) is 0 Å². The average Bonchev–Trinajstić information content (AvgIpc) is 4.00. The van der Waals surface area contributed by atoms with E-state index in [1.54, 1.807) is 30.3 Å². The summed E-state index contributed by atoms with van der Waals surface area (Å²) in [5.74, 6) is -0.750. The molecule has 10 N–H and O–H groups in total. The summed E-state index contributed by atoms with van der Waals surface area (Å²) in [6, 6.07) is 32.3. The van der Waals surface area contributed by atoms with Crippen LogP contribution >= 0.6 is 12.2 Å². The second-order valence-corrected chi connectivity index (χ2v) is 14.0. The maximum Gasteiger partial charge on any atom is 0.127 e. The van der Waals surface area contributed by atoms with E-state index in [0.717, 1.165) is 28.2 Å². The molecule has 12 heteroatoms. The van der Waals surface area contributed by atoms with Crippen LogP contribution in [0.25, 0.3) is 22.3 Å². The van der Waals surface area contributed by atoms with Crippen molar-refractivity contribution in [2.45, 2.75) is 12.8 Å². The lowest BCUT2D eigenvalue weighted by Crippen LogP contribution is -2.18. The number of hydrogen-bond acceptors (Lipinski definition) is 9. The molecule has 2 aliphatic rings. The average molecular weight is 772 g/mol. The van der Waals surface area contributed by atoms with Gasteiger partial charge >= 0.3 is 0 Å². The van der Waals surface area contributed by atoms with Gasteiger partial charge in [-0.15, -0.1) is 0 Å². The fourth-order valence-corrected chi connectivity index (χ4v) is 7.97. The predicted octanol–water partition coefficient (Wildman–Crippen LogP) is 7.05. The van der Waals surface area contributed by atoms with E-state index in [2.05, 4.69) is 30.4 Å². The number of aromatic amines is 3. The number of hydrogen-bond donors (Lipinski definition) is 10. The van der Waals surface area contributed by atoms with Gasteiger partial charge in [-0.2, -0.15) is 4.99 Å². The second-order valence-electron chi connectivity index (χ2n) is 13.8. The monoisotopic (exact) mass is 771 g/mol. The summed E-state index contributed by atoms with van der Waals surface area (Å²) in [5, 5.41) is 72.4. The molecular weight excluding hydrogens is 739 g/mol. The van der Waals surface area contributed by atoms with Gasteiger partial charge in [0.2, 0.25) is 0 Å². The highest BCUT2D eigenvalue weighted by Crippen LogP contribution is 2.41. The van der Waals surface area contributed by atoms with E-state index in [9.17, 15) is 30.6 Å². The molecule has 0 saturated carbocycles. The number of H-pyrrole nitrogens is 3. The van der Waals surface area contributed by atoms with Gasteiger partial charge in [-0.05, 0) is 127 Å². The summed E-state index contributed by atoms with van der Waals surface area (Å²) in [4.78, 5) is 14.8. The van der Waals surface area contributed by atoms with Crippen LogP contribution in [0.4, 0.5) is 5.69 Å². The number of nitrogens with zero attached hydrogens (tertiary/aromatic N) is 1. The van der Waals surface area contributed by atoms with Crippen molar-refractivity contribution in [2.75, 3.05) is 0 Å². The van der Waals surface area contributed by atoms with Gasteiger partial charge in [-0.1, -0.05) is 18.2 Å². The molecular formula is C45H33N5O6S. The first-order valence-corrected chi connectivity index (χ1v) is 18.4. The number of phenols is 6. The lowest BCUT2D eigenvalue weighted by atomic mass is 9.98. The van der Waals surface area contributed by atoms with Gasteiger partial charge in [0.05, 0.1) is 16.4 Å². The summed E-state index contributed by atoms with van der Waals surface area (Å²) in [7, 11) is 0. The van der Waals surface area contributed by atoms with E-state index < -0.39 is 0 Å². The lowest BCUT2D eigenvalue weighted by molar-refractivity contribution is 0.447. The third-order valence-corrected chi connectivity index (χ3v) is 10.3. The van der Waals surface area contributed by atoms with Crippen molar-refractivity contribution in [3.63, 3.8) is 0 Å². The number of rotatable bonds is 5. The smallest absolute Gasteiger partial charge is 0.127 e. The number of aromatic hydroxyl groups is 6. The zero-order chi connectivity index (χ0) is 39.4. The Morgan fingerprint density at radius 3 is 1.46 bits per heavy atom. The Kier molecular flexibility index (Phi) is 8.54. The maximum atomic E-state index is 11.3. The maximum absolute atomic E-state index is 11.3. The van der Waals surface area contributed by atoms with Crippen LogP contribution < -0.4 is 16.0 Å². The number of benzene rings is 4. The minimum Gasteiger partial charge on any atom is -0.508 e. The molecule has 5 heterocycles. The second kappa shape index (κ2) is 13.9. The van der Waals surface area contributed by atoms with Crippen LogP contribution in [0.1, 0.15) is 57.9 Å². The molecule has 7 aromatic rings. The van der Waals surface area contributed by atoms with E-state index in [4.69, 9.17) is 12.2 Å². The normalized spacial score (nSPS) is 13.8. The van der Waals surface area contributed by atoms with Gasteiger partial charge < -0.3 is 50.9 Å². The van der Waals surface area contributed by atoms with Gasteiger partial charge in [0.1, 0.15) is 34.5 Å². The molecule has 280 valence electrons. The Bertz CT molecular complexity index is 2960. The first-order valence-electron chi connectivity index (χ1n) is 18.0. The SMILES string of the molecule is Oc1cc(O)cc(C2=C3CCC(=C(c4ccc(N=C=S)cc4)c4ccc([nH]4)C(c4c(O)cccc4O)=c4ccc([nH]4)=C(c4cc(O)cc(O)c4)c4ccc2[nH]4)N3)c1. The van der Waals surface area contributed by atoms with Crippen molar-refractivity contribution in [3.05, 3.63) is 182 Å². The van der Waals surface area contributed by atoms with Crippen LogP contribution in [0.5, 0.6) is 34.5 Å². The molecule has 1 saturated heterocycles. The van der Waals surface area contributed by atoms with E-state index in [1.807, 2.05) is 60.7 Å². The molecule has 0 unspecified atom stereocenters. The zero-order valence-electron chi connectivity index (χ0n) is 29.9. The molecule has 0 amide bonds. The van der Waals surface area contributed by atoms with Crippen molar-refractivity contribution >= 4 is 45.4 Å². The Labute approximate surface area is 329 Å². The molecule has 0 spiro atoms. The number of isothiocyanates is 1. The molecule has 8 bridgehead atoms. The summed E-state index contributed by atoms with van der Waals surface area (Å²) in [5.41, 5.74) is 9.76. The van der Waals surface area contributed by atoms with Crippen molar-refractivity contribution in [1.82, 2.24) is 20.3 Å². The van der Waals surface area contributed by atoms with Gasteiger partial charge in [0.15, 0.2) is 0 Å². The summed E-state index contributed by atoms with van der Waals surface area (Å²) in [6.07, 6.45) is 1.16. The fourth-order valence-electron chi connectivity index (χ4n) is 7.87. The lowest BCUT2D eigenvalue weighted by Gasteiger charge is -2.16. The van der Waals surface area contributed by atoms with Gasteiger partial charge in [0, 0.05) is 79.3 Å². The highest BCUT2D eigenvalue weighted by atomic mass is 32.1. The number of aliphatic imine (C=N–C) groups is 1. The molecule has 2 aliphatic heterocycles. The van der Waals surface area contributed by atoms with Crippen LogP contribution in [0.2, 0.25) is 0 Å². The number of thiocarbonyl (C=S) groups is 1. The first kappa shape index (κ1) is 35.1. The van der Waals surface area contributed by atoms with Crippen molar-refractivity contribution in [2.24, 2.45) is 4.99 Å². The van der Waals surface area contributed by atoms with Crippen molar-refractivity contribution in [3.8, 4) is 34.5 Å². The van der Waals surface area contributed by atoms with Gasteiger partial charge in [-0.3, -0.25) is 0 Å². The number of phenolic OH excluding ortho intramolecular Hbond substituents is 6. The van der Waals surface area contributed by atoms with Crippen LogP contribution in [-0.2, 0) is 0 Å². The topological polar surface area (TPSA) is 193 Å². The van der Waals surface area contributed by atoms with Crippen LogP contribution in [-0.4, -0.2) is 50.8 Å². The summed E-state index contributed by atoms with van der Waals surface area (Å²) < 4.78 is 0. The molecule has 0 atom stereocenters. The highest BCUT2D eigenvalue weighted by Gasteiger charge is 2.27. The molecule has 9 rings (SSSR count). The quantitative estimate of drug-likeness (QED) is 0.0650. The third kappa shape index (κ3) is 6.40. The molecule has 11 nitrogen and oxygen atoms in total. The summed E-state index contributed by atoms with van der Waals surface area (Å²) >= 11 is 4.84. The Morgan fingerprint density at radius 2 is 0.930 bits per heavy atom. The highest BCUT2D eigenvalue weighted by molar-refractivity contribution is 7.78. The minimum absolute atomic E-state index is 0.103. The van der Waals surface area contributed by atoms with E-state index in [-0.39, 0.29) is 40.1 Å². The molecule has 3 aromatic heterocycles. The van der Waals surface area contributed by atoms with E-state index in [1.165, 1.54) is 24.3 Å².